The molecule has 2 aromatic rings. The van der Waals surface area contributed by atoms with E-state index in [9.17, 15) is 18.0 Å². The third-order valence-corrected chi connectivity index (χ3v) is 5.85. The highest BCUT2D eigenvalue weighted by Gasteiger charge is 2.12. The summed E-state index contributed by atoms with van der Waals surface area (Å²) in [5, 5.41) is 0. The van der Waals surface area contributed by atoms with Crippen molar-refractivity contribution in [1.82, 2.24) is 4.72 Å². The number of hydrogen-bond donors (Lipinski definition) is 1. The van der Waals surface area contributed by atoms with Crippen molar-refractivity contribution in [3.8, 4) is 0 Å². The number of ether oxygens (including phenoxy) is 1. The van der Waals surface area contributed by atoms with Gasteiger partial charge < -0.3 is 4.74 Å². The summed E-state index contributed by atoms with van der Waals surface area (Å²) in [6.45, 7) is 2.42. The predicted octanol–water partition coefficient (Wildman–Crippen LogP) is 3.51. The van der Waals surface area contributed by atoms with Gasteiger partial charge in [-0.1, -0.05) is 42.5 Å². The lowest BCUT2D eigenvalue weighted by molar-refractivity contribution is -0.143. The quantitative estimate of drug-likeness (QED) is 0.324. The number of Topliss-reactive ketones (excluding diaryl/α,β-unsaturated/α-hetero) is 1. The van der Waals surface area contributed by atoms with Crippen molar-refractivity contribution in [2.45, 2.75) is 43.9 Å². The minimum absolute atomic E-state index is 0.0326. The minimum Gasteiger partial charge on any atom is -0.466 e. The molecule has 0 aliphatic carbocycles. The molecule has 0 heterocycles. The van der Waals surface area contributed by atoms with Crippen molar-refractivity contribution in [1.29, 1.82) is 0 Å². The largest absolute Gasteiger partial charge is 0.466 e. The van der Waals surface area contributed by atoms with Gasteiger partial charge in [-0.2, -0.15) is 0 Å². The van der Waals surface area contributed by atoms with Crippen LogP contribution in [0.4, 0.5) is 0 Å². The summed E-state index contributed by atoms with van der Waals surface area (Å²) >= 11 is 0. The number of benzene rings is 2. The molecule has 1 N–H and O–H groups in total. The van der Waals surface area contributed by atoms with Gasteiger partial charge >= 0.3 is 5.97 Å². The highest BCUT2D eigenvalue weighted by Crippen LogP contribution is 2.12. The van der Waals surface area contributed by atoms with E-state index in [1.807, 2.05) is 12.1 Å². The molecule has 156 valence electrons. The average molecular weight is 418 g/mol. The van der Waals surface area contributed by atoms with Crippen LogP contribution in [0.5, 0.6) is 0 Å². The number of rotatable bonds is 12. The van der Waals surface area contributed by atoms with E-state index in [2.05, 4.69) is 4.72 Å². The van der Waals surface area contributed by atoms with Crippen molar-refractivity contribution in [3.05, 3.63) is 65.7 Å². The van der Waals surface area contributed by atoms with E-state index in [1.165, 1.54) is 0 Å². The maximum atomic E-state index is 12.2. The topological polar surface area (TPSA) is 89.5 Å². The summed E-state index contributed by atoms with van der Waals surface area (Å²) in [5.74, 6) is -0.197. The lowest BCUT2D eigenvalue weighted by Gasteiger charge is -2.07. The van der Waals surface area contributed by atoms with Gasteiger partial charge in [0.05, 0.1) is 11.5 Å². The molecular formula is C22H27NO5S. The molecule has 0 aliphatic rings. The molecule has 0 aliphatic heterocycles. The van der Waals surface area contributed by atoms with Gasteiger partial charge in [0.1, 0.15) is 0 Å². The molecule has 0 spiro atoms. The number of carbonyl (C=O) groups excluding carboxylic acids is 2. The van der Waals surface area contributed by atoms with Crippen LogP contribution in [0.15, 0.2) is 59.5 Å². The number of unbranched alkanes of at least 4 members (excludes halogenated alkanes) is 1. The highest BCUT2D eigenvalue weighted by molar-refractivity contribution is 7.89. The Balaban J connectivity index is 1.75. The maximum Gasteiger partial charge on any atom is 0.305 e. The zero-order valence-corrected chi connectivity index (χ0v) is 17.4. The fourth-order valence-corrected chi connectivity index (χ4v) is 3.86. The molecule has 6 nitrogen and oxygen atoms in total. The summed E-state index contributed by atoms with van der Waals surface area (Å²) in [5.41, 5.74) is 1.56. The Hall–Kier alpha value is -2.51. The molecule has 0 aromatic heterocycles. The van der Waals surface area contributed by atoms with Crippen molar-refractivity contribution in [2.75, 3.05) is 13.2 Å². The van der Waals surface area contributed by atoms with Gasteiger partial charge in [-0.25, -0.2) is 13.1 Å². The van der Waals surface area contributed by atoms with Crippen molar-refractivity contribution < 1.29 is 22.7 Å². The average Bonchev–Trinajstić information content (AvgIpc) is 2.72. The first kappa shape index (κ1) is 22.8. The van der Waals surface area contributed by atoms with E-state index in [1.54, 1.807) is 49.4 Å². The fraction of sp³-hybridized carbons (Fsp3) is 0.364. The maximum absolute atomic E-state index is 12.2. The molecule has 0 saturated carbocycles. The normalized spacial score (nSPS) is 11.2. The summed E-state index contributed by atoms with van der Waals surface area (Å²) in [7, 11) is -3.51. The Morgan fingerprint density at radius 3 is 2.24 bits per heavy atom. The van der Waals surface area contributed by atoms with Gasteiger partial charge in [0.15, 0.2) is 5.78 Å². The number of esters is 1. The van der Waals surface area contributed by atoms with Gasteiger partial charge in [0.2, 0.25) is 10.0 Å². The molecule has 0 unspecified atom stereocenters. The number of sulfonamides is 1. The van der Waals surface area contributed by atoms with Gasteiger partial charge in [-0.05, 0) is 43.9 Å². The molecule has 0 saturated heterocycles. The second-order valence-corrected chi connectivity index (χ2v) is 8.36. The van der Waals surface area contributed by atoms with E-state index < -0.39 is 10.0 Å². The van der Waals surface area contributed by atoms with Crippen LogP contribution in [0.2, 0.25) is 0 Å². The Morgan fingerprint density at radius 2 is 1.59 bits per heavy atom. The lowest BCUT2D eigenvalue weighted by Crippen LogP contribution is -2.25. The Kier molecular flexibility index (Phi) is 9.02. The van der Waals surface area contributed by atoms with Gasteiger partial charge in [-0.15, -0.1) is 0 Å². The molecule has 7 heteroatoms. The van der Waals surface area contributed by atoms with E-state index in [-0.39, 0.29) is 23.2 Å². The standard InChI is InChI=1S/C22H27NO5S/c1-2-28-22(25)11-7-6-10-21(24)19-14-12-18(13-15-19)16-17-23-29(26,27)20-8-4-3-5-9-20/h3-5,8-9,12-15,23H,2,6-7,10-11,16-17H2,1H3. The zero-order valence-electron chi connectivity index (χ0n) is 16.6. The number of nitrogens with one attached hydrogen (secondary N) is 1. The second-order valence-electron chi connectivity index (χ2n) is 6.59. The van der Waals surface area contributed by atoms with Crippen LogP contribution >= 0.6 is 0 Å². The van der Waals surface area contributed by atoms with E-state index in [4.69, 9.17) is 4.74 Å². The highest BCUT2D eigenvalue weighted by atomic mass is 32.2. The molecule has 0 fully saturated rings. The molecule has 2 aromatic carbocycles. The summed E-state index contributed by atoms with van der Waals surface area (Å²) in [6, 6.07) is 15.4. The SMILES string of the molecule is CCOC(=O)CCCCC(=O)c1ccc(CCNS(=O)(=O)c2ccccc2)cc1. The summed E-state index contributed by atoms with van der Waals surface area (Å²) in [4.78, 5) is 23.7. The molecule has 29 heavy (non-hydrogen) atoms. The zero-order chi connectivity index (χ0) is 21.1. The number of carbonyl (C=O) groups is 2. The van der Waals surface area contributed by atoms with Crippen molar-refractivity contribution >= 4 is 21.8 Å². The van der Waals surface area contributed by atoms with E-state index in [0.717, 1.165) is 5.56 Å². The van der Waals surface area contributed by atoms with E-state index in [0.29, 0.717) is 44.3 Å². The molecule has 0 radical (unpaired) electrons. The third kappa shape index (κ3) is 7.79. The number of hydrogen-bond acceptors (Lipinski definition) is 5. The predicted molar refractivity (Wildman–Crippen MR) is 111 cm³/mol. The summed E-state index contributed by atoms with van der Waals surface area (Å²) < 4.78 is 31.8. The lowest BCUT2D eigenvalue weighted by atomic mass is 10.0. The molecule has 0 atom stereocenters. The molecular weight excluding hydrogens is 390 g/mol. The van der Waals surface area contributed by atoms with Crippen LogP contribution in [-0.2, 0) is 26.0 Å². The minimum atomic E-state index is -3.51. The smallest absolute Gasteiger partial charge is 0.305 e. The van der Waals surface area contributed by atoms with Crippen LogP contribution in [0.25, 0.3) is 0 Å². The Bertz CT molecular complexity index is 893. The van der Waals surface area contributed by atoms with Gasteiger partial charge in [0, 0.05) is 24.9 Å². The van der Waals surface area contributed by atoms with Crippen LogP contribution in [-0.4, -0.2) is 33.3 Å². The molecule has 0 amide bonds. The van der Waals surface area contributed by atoms with E-state index >= 15 is 0 Å². The van der Waals surface area contributed by atoms with Crippen LogP contribution in [0, 0.1) is 0 Å². The van der Waals surface area contributed by atoms with Gasteiger partial charge in [0.25, 0.3) is 0 Å². The monoisotopic (exact) mass is 417 g/mol. The van der Waals surface area contributed by atoms with Crippen LogP contribution < -0.4 is 4.72 Å². The summed E-state index contributed by atoms with van der Waals surface area (Å²) in [6.07, 6.45) is 2.51. The van der Waals surface area contributed by atoms with Crippen molar-refractivity contribution in [3.63, 3.8) is 0 Å². The van der Waals surface area contributed by atoms with Gasteiger partial charge in [-0.3, -0.25) is 9.59 Å². The fourth-order valence-electron chi connectivity index (χ4n) is 2.80. The Labute approximate surface area is 172 Å². The third-order valence-electron chi connectivity index (χ3n) is 4.38. The molecule has 0 bridgehead atoms. The first-order chi connectivity index (χ1) is 13.9. The number of ketones is 1. The first-order valence-electron chi connectivity index (χ1n) is 9.75. The van der Waals surface area contributed by atoms with Crippen molar-refractivity contribution in [2.24, 2.45) is 0 Å². The second kappa shape index (κ2) is 11.5. The Morgan fingerprint density at radius 1 is 0.931 bits per heavy atom. The van der Waals surface area contributed by atoms with Crippen LogP contribution in [0.1, 0.15) is 48.5 Å². The molecule has 2 rings (SSSR count). The van der Waals surface area contributed by atoms with Crippen LogP contribution in [0.3, 0.4) is 0 Å². The first-order valence-corrected chi connectivity index (χ1v) is 11.2.